The highest BCUT2D eigenvalue weighted by atomic mass is 79.9. The molecule has 1 rings (SSSR count). The molecule has 0 fully saturated rings. The van der Waals surface area contributed by atoms with Gasteiger partial charge in [0.2, 0.25) is 0 Å². The van der Waals surface area contributed by atoms with Crippen LogP contribution in [-0.4, -0.2) is 20.3 Å². The van der Waals surface area contributed by atoms with Gasteiger partial charge in [0.15, 0.2) is 0 Å². The SMILES string of the molecule is COCCCCOc1c(Br)cc(N)cc1Br. The highest BCUT2D eigenvalue weighted by Crippen LogP contribution is 2.35. The standard InChI is InChI=1S/C11H15Br2NO2/c1-15-4-2-3-5-16-11-9(12)6-8(14)7-10(11)13/h6-7H,2-5,14H2,1H3. The van der Waals surface area contributed by atoms with Gasteiger partial charge in [-0.15, -0.1) is 0 Å². The van der Waals surface area contributed by atoms with Gasteiger partial charge in [0.05, 0.1) is 15.6 Å². The zero-order chi connectivity index (χ0) is 12.0. The zero-order valence-electron chi connectivity index (χ0n) is 9.13. The van der Waals surface area contributed by atoms with E-state index in [4.69, 9.17) is 15.2 Å². The fraction of sp³-hybridized carbons (Fsp3) is 0.455. The van der Waals surface area contributed by atoms with Crippen LogP contribution in [-0.2, 0) is 4.74 Å². The summed E-state index contributed by atoms with van der Waals surface area (Å²) in [5, 5.41) is 0. The van der Waals surface area contributed by atoms with E-state index in [-0.39, 0.29) is 0 Å². The molecule has 0 radical (unpaired) electrons. The summed E-state index contributed by atoms with van der Waals surface area (Å²) in [5.41, 5.74) is 6.39. The Morgan fingerprint density at radius 2 is 1.69 bits per heavy atom. The number of rotatable bonds is 6. The van der Waals surface area contributed by atoms with E-state index >= 15 is 0 Å². The Kier molecular flexibility index (Phi) is 6.16. The predicted octanol–water partition coefficient (Wildman–Crippen LogP) is 3.60. The summed E-state index contributed by atoms with van der Waals surface area (Å²) in [6.07, 6.45) is 1.97. The van der Waals surface area contributed by atoms with Crippen molar-refractivity contribution in [3.63, 3.8) is 0 Å². The molecule has 16 heavy (non-hydrogen) atoms. The molecule has 0 atom stereocenters. The molecule has 0 aliphatic heterocycles. The van der Waals surface area contributed by atoms with Crippen molar-refractivity contribution < 1.29 is 9.47 Å². The number of hydrogen-bond acceptors (Lipinski definition) is 3. The van der Waals surface area contributed by atoms with Gasteiger partial charge in [-0.2, -0.15) is 0 Å². The highest BCUT2D eigenvalue weighted by molar-refractivity contribution is 9.11. The molecule has 0 aliphatic carbocycles. The predicted molar refractivity (Wildman–Crippen MR) is 72.9 cm³/mol. The van der Waals surface area contributed by atoms with Crippen LogP contribution in [0.2, 0.25) is 0 Å². The topological polar surface area (TPSA) is 44.5 Å². The maximum absolute atomic E-state index is 5.69. The highest BCUT2D eigenvalue weighted by Gasteiger charge is 2.07. The Morgan fingerprint density at radius 3 is 2.25 bits per heavy atom. The average molecular weight is 353 g/mol. The Bertz CT molecular complexity index is 322. The summed E-state index contributed by atoms with van der Waals surface area (Å²) in [7, 11) is 1.70. The van der Waals surface area contributed by atoms with E-state index < -0.39 is 0 Å². The molecular weight excluding hydrogens is 338 g/mol. The van der Waals surface area contributed by atoms with E-state index in [1.165, 1.54) is 0 Å². The van der Waals surface area contributed by atoms with Gasteiger partial charge in [0.1, 0.15) is 5.75 Å². The fourth-order valence-corrected chi connectivity index (χ4v) is 2.69. The van der Waals surface area contributed by atoms with Gasteiger partial charge >= 0.3 is 0 Å². The summed E-state index contributed by atoms with van der Waals surface area (Å²) >= 11 is 6.84. The molecule has 0 aromatic heterocycles. The molecular formula is C11H15Br2NO2. The van der Waals surface area contributed by atoms with E-state index in [2.05, 4.69) is 31.9 Å². The summed E-state index contributed by atoms with van der Waals surface area (Å²) in [4.78, 5) is 0. The molecule has 1 aromatic carbocycles. The maximum Gasteiger partial charge on any atom is 0.147 e. The molecule has 90 valence electrons. The third-order valence-corrected chi connectivity index (χ3v) is 3.19. The number of hydrogen-bond donors (Lipinski definition) is 1. The number of nitrogen functional groups attached to an aromatic ring is 1. The van der Waals surface area contributed by atoms with Gasteiger partial charge < -0.3 is 15.2 Å². The number of halogens is 2. The molecule has 0 aliphatic rings. The van der Waals surface area contributed by atoms with E-state index in [1.807, 2.05) is 12.1 Å². The smallest absolute Gasteiger partial charge is 0.147 e. The van der Waals surface area contributed by atoms with E-state index in [9.17, 15) is 0 Å². The van der Waals surface area contributed by atoms with E-state index in [0.717, 1.165) is 34.1 Å². The van der Waals surface area contributed by atoms with E-state index in [1.54, 1.807) is 7.11 Å². The van der Waals surface area contributed by atoms with Crippen LogP contribution in [0, 0.1) is 0 Å². The lowest BCUT2D eigenvalue weighted by Crippen LogP contribution is -2.01. The molecule has 2 N–H and O–H groups in total. The fourth-order valence-electron chi connectivity index (χ4n) is 1.24. The van der Waals surface area contributed by atoms with Crippen molar-refractivity contribution in [1.82, 2.24) is 0 Å². The first-order valence-corrected chi connectivity index (χ1v) is 6.60. The first-order valence-electron chi connectivity index (χ1n) is 5.01. The summed E-state index contributed by atoms with van der Waals surface area (Å²) < 4.78 is 12.4. The van der Waals surface area contributed by atoms with E-state index in [0.29, 0.717) is 12.3 Å². The van der Waals surface area contributed by atoms with Crippen molar-refractivity contribution in [2.45, 2.75) is 12.8 Å². The molecule has 0 heterocycles. The second-order valence-corrected chi connectivity index (χ2v) is 5.07. The normalized spacial score (nSPS) is 10.4. The van der Waals surface area contributed by atoms with Crippen LogP contribution in [0.4, 0.5) is 5.69 Å². The third kappa shape index (κ3) is 4.31. The lowest BCUT2D eigenvalue weighted by molar-refractivity contribution is 0.184. The number of unbranched alkanes of at least 4 members (excludes halogenated alkanes) is 1. The molecule has 0 spiro atoms. The lowest BCUT2D eigenvalue weighted by atomic mass is 10.3. The Hall–Kier alpha value is -0.260. The second-order valence-electron chi connectivity index (χ2n) is 3.36. The molecule has 3 nitrogen and oxygen atoms in total. The molecule has 0 amide bonds. The molecule has 0 saturated heterocycles. The van der Waals surface area contributed by atoms with Gasteiger partial charge in [-0.1, -0.05) is 0 Å². The first kappa shape index (κ1) is 13.8. The van der Waals surface area contributed by atoms with Crippen molar-refractivity contribution in [3.05, 3.63) is 21.1 Å². The van der Waals surface area contributed by atoms with Crippen LogP contribution in [0.25, 0.3) is 0 Å². The number of ether oxygens (including phenoxy) is 2. The Labute approximate surface area is 113 Å². The molecule has 1 aromatic rings. The number of methoxy groups -OCH3 is 1. The van der Waals surface area contributed by atoms with Crippen LogP contribution in [0.15, 0.2) is 21.1 Å². The molecule has 0 bridgehead atoms. The van der Waals surface area contributed by atoms with Gasteiger partial charge in [-0.25, -0.2) is 0 Å². The second kappa shape index (κ2) is 7.14. The Balaban J connectivity index is 2.47. The number of anilines is 1. The van der Waals surface area contributed by atoms with Crippen molar-refractivity contribution >= 4 is 37.5 Å². The van der Waals surface area contributed by atoms with Crippen molar-refractivity contribution in [2.75, 3.05) is 26.1 Å². The van der Waals surface area contributed by atoms with Crippen molar-refractivity contribution in [3.8, 4) is 5.75 Å². The van der Waals surface area contributed by atoms with Crippen LogP contribution < -0.4 is 10.5 Å². The average Bonchev–Trinajstić information content (AvgIpc) is 2.20. The first-order chi connectivity index (χ1) is 7.65. The monoisotopic (exact) mass is 351 g/mol. The lowest BCUT2D eigenvalue weighted by Gasteiger charge is -2.10. The molecule has 5 heteroatoms. The summed E-state index contributed by atoms with van der Waals surface area (Å²) in [5.74, 6) is 0.798. The zero-order valence-corrected chi connectivity index (χ0v) is 12.3. The minimum Gasteiger partial charge on any atom is -0.491 e. The van der Waals surface area contributed by atoms with Crippen LogP contribution >= 0.6 is 31.9 Å². The Morgan fingerprint density at radius 1 is 1.12 bits per heavy atom. The molecule has 0 unspecified atom stereocenters. The van der Waals surface area contributed by atoms with Crippen molar-refractivity contribution in [1.29, 1.82) is 0 Å². The maximum atomic E-state index is 5.69. The van der Waals surface area contributed by atoms with Crippen LogP contribution in [0.1, 0.15) is 12.8 Å². The quantitative estimate of drug-likeness (QED) is 0.628. The minimum absolute atomic E-state index is 0.671. The van der Waals surface area contributed by atoms with Gasteiger partial charge in [-0.05, 0) is 56.8 Å². The number of nitrogens with two attached hydrogens (primary N) is 1. The summed E-state index contributed by atoms with van der Waals surface area (Å²) in [6, 6.07) is 3.66. The van der Waals surface area contributed by atoms with Gasteiger partial charge in [0, 0.05) is 19.4 Å². The van der Waals surface area contributed by atoms with Gasteiger partial charge in [-0.3, -0.25) is 0 Å². The van der Waals surface area contributed by atoms with Gasteiger partial charge in [0.25, 0.3) is 0 Å². The summed E-state index contributed by atoms with van der Waals surface area (Å²) in [6.45, 7) is 1.44. The van der Waals surface area contributed by atoms with Crippen LogP contribution in [0.5, 0.6) is 5.75 Å². The number of benzene rings is 1. The molecule has 0 saturated carbocycles. The van der Waals surface area contributed by atoms with Crippen LogP contribution in [0.3, 0.4) is 0 Å². The van der Waals surface area contributed by atoms with Crippen molar-refractivity contribution in [2.24, 2.45) is 0 Å². The minimum atomic E-state index is 0.671. The largest absolute Gasteiger partial charge is 0.491 e. The third-order valence-electron chi connectivity index (χ3n) is 2.01.